The molecule has 0 aromatic rings. The number of unbranched alkanes of at least 4 members (excludes halogenated alkanes) is 1. The molecule has 0 aromatic carbocycles. The molecule has 0 aliphatic carbocycles. The zero-order valence-corrected chi connectivity index (χ0v) is 11.3. The quantitative estimate of drug-likeness (QED) is 0.720. The summed E-state index contributed by atoms with van der Waals surface area (Å²) in [5.74, 6) is 0.777. The van der Waals surface area contributed by atoms with E-state index in [9.17, 15) is 0 Å². The first-order chi connectivity index (χ1) is 7.76. The Hall–Kier alpha value is -0.0800. The van der Waals surface area contributed by atoms with E-state index in [-0.39, 0.29) is 0 Å². The minimum absolute atomic E-state index is 0.465. The predicted molar refractivity (Wildman–Crippen MR) is 69.7 cm³/mol. The van der Waals surface area contributed by atoms with Crippen molar-refractivity contribution in [2.24, 2.45) is 5.92 Å². The Kier molecular flexibility index (Phi) is 7.06. The van der Waals surface area contributed by atoms with Gasteiger partial charge in [0, 0.05) is 19.2 Å². The maximum Gasteiger partial charge on any atom is 0.0700 e. The van der Waals surface area contributed by atoms with Crippen molar-refractivity contribution in [3.05, 3.63) is 0 Å². The average molecular weight is 227 g/mol. The van der Waals surface area contributed by atoms with E-state index < -0.39 is 0 Å². The summed E-state index contributed by atoms with van der Waals surface area (Å²) in [6.07, 6.45) is 8.21. The minimum atomic E-state index is 0.465. The summed E-state index contributed by atoms with van der Waals surface area (Å²) in [6, 6.07) is 0.682. The Morgan fingerprint density at radius 2 is 2.12 bits per heavy atom. The molecule has 0 aromatic heterocycles. The monoisotopic (exact) mass is 227 g/mol. The Labute approximate surface area is 101 Å². The van der Waals surface area contributed by atoms with E-state index in [1.54, 1.807) is 0 Å². The van der Waals surface area contributed by atoms with Crippen molar-refractivity contribution in [1.82, 2.24) is 5.32 Å². The van der Waals surface area contributed by atoms with Crippen LogP contribution in [0.5, 0.6) is 0 Å². The summed E-state index contributed by atoms with van der Waals surface area (Å²) >= 11 is 0. The van der Waals surface area contributed by atoms with Crippen molar-refractivity contribution >= 4 is 0 Å². The maximum atomic E-state index is 6.02. The fraction of sp³-hybridized carbons (Fsp3) is 1.00. The second kappa shape index (κ2) is 8.08. The molecule has 0 spiro atoms. The first kappa shape index (κ1) is 14.0. The zero-order valence-electron chi connectivity index (χ0n) is 11.3. The van der Waals surface area contributed by atoms with Gasteiger partial charge in [0.05, 0.1) is 6.10 Å². The summed E-state index contributed by atoms with van der Waals surface area (Å²) in [5.41, 5.74) is 0. The molecule has 16 heavy (non-hydrogen) atoms. The SMILES string of the molecule is CCCCC(CC)COC1CCC(C)NC1. The molecule has 1 rings (SSSR count). The molecule has 0 bridgehead atoms. The molecule has 96 valence electrons. The third kappa shape index (κ3) is 5.31. The molecule has 0 amide bonds. The second-order valence-corrected chi connectivity index (χ2v) is 5.26. The standard InChI is InChI=1S/C14H29NO/c1-4-6-7-13(5-2)11-16-14-9-8-12(3)15-10-14/h12-15H,4-11H2,1-3H3. The van der Waals surface area contributed by atoms with Gasteiger partial charge in [-0.15, -0.1) is 0 Å². The van der Waals surface area contributed by atoms with E-state index in [0.29, 0.717) is 12.1 Å². The summed E-state index contributed by atoms with van der Waals surface area (Å²) in [6.45, 7) is 8.82. The van der Waals surface area contributed by atoms with Gasteiger partial charge in [0.15, 0.2) is 0 Å². The maximum absolute atomic E-state index is 6.02. The van der Waals surface area contributed by atoms with E-state index in [1.807, 2.05) is 0 Å². The van der Waals surface area contributed by atoms with Crippen LogP contribution in [0.2, 0.25) is 0 Å². The van der Waals surface area contributed by atoms with Gasteiger partial charge in [-0.25, -0.2) is 0 Å². The van der Waals surface area contributed by atoms with E-state index in [0.717, 1.165) is 19.1 Å². The summed E-state index contributed by atoms with van der Waals surface area (Å²) in [4.78, 5) is 0. The van der Waals surface area contributed by atoms with Gasteiger partial charge in [-0.2, -0.15) is 0 Å². The number of hydrogen-bond donors (Lipinski definition) is 1. The summed E-state index contributed by atoms with van der Waals surface area (Å²) < 4.78 is 6.02. The lowest BCUT2D eigenvalue weighted by atomic mass is 10.00. The molecular weight excluding hydrogens is 198 g/mol. The Morgan fingerprint density at radius 1 is 1.31 bits per heavy atom. The number of nitrogens with one attached hydrogen (secondary N) is 1. The fourth-order valence-electron chi connectivity index (χ4n) is 2.29. The van der Waals surface area contributed by atoms with Crippen LogP contribution in [0.4, 0.5) is 0 Å². The van der Waals surface area contributed by atoms with Crippen LogP contribution < -0.4 is 5.32 Å². The van der Waals surface area contributed by atoms with Gasteiger partial charge in [-0.05, 0) is 32.1 Å². The number of ether oxygens (including phenoxy) is 1. The van der Waals surface area contributed by atoms with Gasteiger partial charge in [-0.3, -0.25) is 0 Å². The highest BCUT2D eigenvalue weighted by Crippen LogP contribution is 2.16. The van der Waals surface area contributed by atoms with Gasteiger partial charge in [-0.1, -0.05) is 33.1 Å². The van der Waals surface area contributed by atoms with Crippen molar-refractivity contribution in [3.8, 4) is 0 Å². The third-order valence-electron chi connectivity index (χ3n) is 3.73. The molecule has 0 radical (unpaired) electrons. The molecule has 3 atom stereocenters. The van der Waals surface area contributed by atoms with Crippen LogP contribution in [-0.2, 0) is 4.74 Å². The first-order valence-electron chi connectivity index (χ1n) is 7.11. The van der Waals surface area contributed by atoms with Crippen molar-refractivity contribution in [1.29, 1.82) is 0 Å². The van der Waals surface area contributed by atoms with Gasteiger partial charge in [0.2, 0.25) is 0 Å². The van der Waals surface area contributed by atoms with Crippen LogP contribution in [0.1, 0.15) is 59.3 Å². The topological polar surface area (TPSA) is 21.3 Å². The van der Waals surface area contributed by atoms with Gasteiger partial charge in [0.1, 0.15) is 0 Å². The zero-order chi connectivity index (χ0) is 11.8. The summed E-state index contributed by atoms with van der Waals surface area (Å²) in [5, 5.41) is 3.49. The lowest BCUT2D eigenvalue weighted by molar-refractivity contribution is 0.00774. The fourth-order valence-corrected chi connectivity index (χ4v) is 2.29. The van der Waals surface area contributed by atoms with Crippen molar-refractivity contribution < 1.29 is 4.74 Å². The van der Waals surface area contributed by atoms with Crippen molar-refractivity contribution in [3.63, 3.8) is 0 Å². The molecule has 1 fully saturated rings. The van der Waals surface area contributed by atoms with Crippen LogP contribution in [0.3, 0.4) is 0 Å². The van der Waals surface area contributed by atoms with Crippen LogP contribution in [0.25, 0.3) is 0 Å². The summed E-state index contributed by atoms with van der Waals surface area (Å²) in [7, 11) is 0. The van der Waals surface area contributed by atoms with Crippen molar-refractivity contribution in [2.75, 3.05) is 13.2 Å². The highest BCUT2D eigenvalue weighted by atomic mass is 16.5. The van der Waals surface area contributed by atoms with Gasteiger partial charge >= 0.3 is 0 Å². The minimum Gasteiger partial charge on any atom is -0.377 e. The van der Waals surface area contributed by atoms with Crippen LogP contribution in [-0.4, -0.2) is 25.3 Å². The van der Waals surface area contributed by atoms with Crippen LogP contribution in [0, 0.1) is 5.92 Å². The lowest BCUT2D eigenvalue weighted by Crippen LogP contribution is -2.41. The highest BCUT2D eigenvalue weighted by molar-refractivity contribution is 4.75. The molecular formula is C14H29NO. The third-order valence-corrected chi connectivity index (χ3v) is 3.73. The van der Waals surface area contributed by atoms with Crippen LogP contribution in [0.15, 0.2) is 0 Å². The van der Waals surface area contributed by atoms with Gasteiger partial charge in [0.25, 0.3) is 0 Å². The molecule has 2 nitrogen and oxygen atoms in total. The Bertz CT molecular complexity index is 159. The Morgan fingerprint density at radius 3 is 2.69 bits per heavy atom. The Balaban J connectivity index is 2.11. The van der Waals surface area contributed by atoms with Crippen molar-refractivity contribution in [2.45, 2.75) is 71.4 Å². The smallest absolute Gasteiger partial charge is 0.0700 e. The number of hydrogen-bond acceptors (Lipinski definition) is 2. The van der Waals surface area contributed by atoms with Gasteiger partial charge < -0.3 is 10.1 Å². The molecule has 2 heteroatoms. The largest absolute Gasteiger partial charge is 0.377 e. The lowest BCUT2D eigenvalue weighted by Gasteiger charge is -2.29. The molecule has 3 unspecified atom stereocenters. The predicted octanol–water partition coefficient (Wildman–Crippen LogP) is 3.36. The normalized spacial score (nSPS) is 27.9. The highest BCUT2D eigenvalue weighted by Gasteiger charge is 2.18. The average Bonchev–Trinajstić information content (AvgIpc) is 2.32. The molecule has 1 saturated heterocycles. The molecule has 1 heterocycles. The molecule has 0 saturated carbocycles. The van der Waals surface area contributed by atoms with E-state index in [2.05, 4.69) is 26.1 Å². The first-order valence-corrected chi connectivity index (χ1v) is 7.11. The van der Waals surface area contributed by atoms with E-state index >= 15 is 0 Å². The number of rotatable bonds is 7. The second-order valence-electron chi connectivity index (χ2n) is 5.26. The molecule has 1 aliphatic rings. The number of piperidine rings is 1. The molecule has 1 aliphatic heterocycles. The molecule has 1 N–H and O–H groups in total. The van der Waals surface area contributed by atoms with Crippen LogP contribution >= 0.6 is 0 Å². The van der Waals surface area contributed by atoms with E-state index in [4.69, 9.17) is 4.74 Å². The van der Waals surface area contributed by atoms with E-state index in [1.165, 1.54) is 38.5 Å².